The molecule has 1 unspecified atom stereocenters. The second-order valence-electron chi connectivity index (χ2n) is 8.26. The molecule has 0 heterocycles. The normalized spacial score (nSPS) is 14.4. The molecule has 1 atom stereocenters. The third kappa shape index (κ3) is 5.17. The van der Waals surface area contributed by atoms with Crippen molar-refractivity contribution in [3.8, 4) is 0 Å². The van der Waals surface area contributed by atoms with Gasteiger partial charge in [0.15, 0.2) is 0 Å². The molecule has 4 N–H and O–H groups in total. The Morgan fingerprint density at radius 3 is 2.55 bits per heavy atom. The molecule has 0 radical (unpaired) electrons. The van der Waals surface area contributed by atoms with Crippen molar-refractivity contribution in [3.63, 3.8) is 0 Å². The molecule has 1 aliphatic rings. The standard InChI is InChI=1S/C27H30N4O2/c1-2-31(27(33)29-17-16-19-8-4-3-5-9-19)25-15-13-20-18-21(12-14-22(20)25)26(32)30-24-11-7-6-10-23(24)28/h3-12,14,18,25H,2,13,15-17,28H2,1H3,(H,29,33)(H,30,32). The van der Waals surface area contributed by atoms with Gasteiger partial charge in [-0.2, -0.15) is 0 Å². The number of nitrogens with one attached hydrogen (secondary N) is 2. The fourth-order valence-corrected chi connectivity index (χ4v) is 4.43. The highest BCUT2D eigenvalue weighted by molar-refractivity contribution is 6.05. The predicted molar refractivity (Wildman–Crippen MR) is 132 cm³/mol. The lowest BCUT2D eigenvalue weighted by atomic mass is 10.0. The van der Waals surface area contributed by atoms with Gasteiger partial charge in [-0.1, -0.05) is 48.5 Å². The first-order valence-electron chi connectivity index (χ1n) is 11.4. The van der Waals surface area contributed by atoms with Crippen LogP contribution in [-0.2, 0) is 12.8 Å². The summed E-state index contributed by atoms with van der Waals surface area (Å²) < 4.78 is 0. The lowest BCUT2D eigenvalue weighted by Crippen LogP contribution is -2.42. The molecule has 0 saturated heterocycles. The third-order valence-electron chi connectivity index (χ3n) is 6.17. The highest BCUT2D eigenvalue weighted by Crippen LogP contribution is 2.36. The molecule has 3 aromatic rings. The second kappa shape index (κ2) is 10.2. The summed E-state index contributed by atoms with van der Waals surface area (Å²) in [6.45, 7) is 3.22. The number of anilines is 2. The number of nitrogens with zero attached hydrogens (tertiary/aromatic N) is 1. The highest BCUT2D eigenvalue weighted by atomic mass is 16.2. The van der Waals surface area contributed by atoms with Crippen LogP contribution in [0.4, 0.5) is 16.2 Å². The van der Waals surface area contributed by atoms with E-state index in [0.29, 0.717) is 30.0 Å². The number of carbonyl (C=O) groups is 2. The van der Waals surface area contributed by atoms with Crippen LogP contribution in [0, 0.1) is 0 Å². The molecule has 0 aromatic heterocycles. The van der Waals surface area contributed by atoms with Crippen LogP contribution in [0.2, 0.25) is 0 Å². The Balaban J connectivity index is 1.41. The number of rotatable bonds is 7. The van der Waals surface area contributed by atoms with Crippen LogP contribution in [0.25, 0.3) is 0 Å². The van der Waals surface area contributed by atoms with Crippen molar-refractivity contribution in [2.75, 3.05) is 24.1 Å². The van der Waals surface area contributed by atoms with Crippen molar-refractivity contribution in [2.24, 2.45) is 0 Å². The minimum absolute atomic E-state index is 0.0172. The van der Waals surface area contributed by atoms with E-state index < -0.39 is 0 Å². The maximum absolute atomic E-state index is 12.9. The molecule has 33 heavy (non-hydrogen) atoms. The van der Waals surface area contributed by atoms with Crippen LogP contribution in [0.15, 0.2) is 72.8 Å². The van der Waals surface area contributed by atoms with Crippen molar-refractivity contribution < 1.29 is 9.59 Å². The van der Waals surface area contributed by atoms with Gasteiger partial charge in [0.05, 0.1) is 17.4 Å². The van der Waals surface area contributed by atoms with E-state index in [2.05, 4.69) is 22.8 Å². The Bertz CT molecular complexity index is 1130. The topological polar surface area (TPSA) is 87.5 Å². The van der Waals surface area contributed by atoms with E-state index in [4.69, 9.17) is 5.73 Å². The summed E-state index contributed by atoms with van der Waals surface area (Å²) in [5, 5.41) is 5.94. The maximum Gasteiger partial charge on any atom is 0.317 e. The zero-order valence-corrected chi connectivity index (χ0v) is 18.9. The summed E-state index contributed by atoms with van der Waals surface area (Å²) >= 11 is 0. The van der Waals surface area contributed by atoms with Gasteiger partial charge in [-0.25, -0.2) is 4.79 Å². The zero-order valence-electron chi connectivity index (χ0n) is 18.9. The second-order valence-corrected chi connectivity index (χ2v) is 8.26. The van der Waals surface area contributed by atoms with Gasteiger partial charge in [0.1, 0.15) is 0 Å². The van der Waals surface area contributed by atoms with E-state index in [1.54, 1.807) is 12.1 Å². The minimum atomic E-state index is -0.190. The van der Waals surface area contributed by atoms with Crippen LogP contribution in [0.5, 0.6) is 0 Å². The molecule has 0 bridgehead atoms. The van der Waals surface area contributed by atoms with Crippen molar-refractivity contribution in [3.05, 3.63) is 95.1 Å². The van der Waals surface area contributed by atoms with Gasteiger partial charge in [-0.05, 0) is 67.1 Å². The summed E-state index contributed by atoms with van der Waals surface area (Å²) in [7, 11) is 0. The first-order chi connectivity index (χ1) is 16.1. The van der Waals surface area contributed by atoms with Gasteiger partial charge in [0.25, 0.3) is 5.91 Å². The zero-order chi connectivity index (χ0) is 23.2. The van der Waals surface area contributed by atoms with E-state index in [1.165, 1.54) is 5.56 Å². The van der Waals surface area contributed by atoms with Gasteiger partial charge in [-0.3, -0.25) is 4.79 Å². The largest absolute Gasteiger partial charge is 0.397 e. The first-order valence-corrected chi connectivity index (χ1v) is 11.4. The number of urea groups is 1. The summed E-state index contributed by atoms with van der Waals surface area (Å²) in [5.41, 5.74) is 11.1. The number of nitrogen functional groups attached to an aromatic ring is 1. The van der Waals surface area contributed by atoms with Gasteiger partial charge in [0.2, 0.25) is 0 Å². The molecular formula is C27H30N4O2. The first kappa shape index (κ1) is 22.4. The lowest BCUT2D eigenvalue weighted by Gasteiger charge is -2.29. The molecule has 6 nitrogen and oxygen atoms in total. The molecule has 0 saturated carbocycles. The Morgan fingerprint density at radius 2 is 1.79 bits per heavy atom. The fraction of sp³-hybridized carbons (Fsp3) is 0.259. The molecule has 0 spiro atoms. The fourth-order valence-electron chi connectivity index (χ4n) is 4.43. The number of amides is 3. The van der Waals surface area contributed by atoms with Crippen molar-refractivity contribution in [1.82, 2.24) is 10.2 Å². The molecular weight excluding hydrogens is 412 g/mol. The van der Waals surface area contributed by atoms with E-state index in [-0.39, 0.29) is 18.0 Å². The summed E-state index contributed by atoms with van der Waals surface area (Å²) in [6.07, 6.45) is 2.49. The number of nitrogens with two attached hydrogens (primary N) is 1. The molecule has 3 amide bonds. The number of carbonyl (C=O) groups excluding carboxylic acids is 2. The van der Waals surface area contributed by atoms with Gasteiger partial charge in [-0.15, -0.1) is 0 Å². The summed E-state index contributed by atoms with van der Waals surface area (Å²) in [6, 6.07) is 23.1. The number of benzene rings is 3. The van der Waals surface area contributed by atoms with Crippen LogP contribution < -0.4 is 16.4 Å². The highest BCUT2D eigenvalue weighted by Gasteiger charge is 2.30. The Morgan fingerprint density at radius 1 is 1.03 bits per heavy atom. The molecule has 3 aromatic carbocycles. The Hall–Kier alpha value is -3.80. The van der Waals surface area contributed by atoms with Crippen LogP contribution in [0.1, 0.15) is 46.4 Å². The SMILES string of the molecule is CCN(C(=O)NCCc1ccccc1)C1CCc2cc(C(=O)Nc3ccccc3N)ccc21. The molecule has 4 rings (SSSR count). The summed E-state index contributed by atoms with van der Waals surface area (Å²) in [5.74, 6) is -0.190. The smallest absolute Gasteiger partial charge is 0.317 e. The van der Waals surface area contributed by atoms with Gasteiger partial charge in [0, 0.05) is 18.7 Å². The average Bonchev–Trinajstić information content (AvgIpc) is 3.25. The van der Waals surface area contributed by atoms with Gasteiger partial charge >= 0.3 is 6.03 Å². The van der Waals surface area contributed by atoms with Crippen LogP contribution in [0.3, 0.4) is 0 Å². The van der Waals surface area contributed by atoms with E-state index >= 15 is 0 Å². The number of aryl methyl sites for hydroxylation is 1. The third-order valence-corrected chi connectivity index (χ3v) is 6.17. The van der Waals surface area contributed by atoms with Crippen molar-refractivity contribution in [2.45, 2.75) is 32.2 Å². The molecule has 0 fully saturated rings. The molecule has 0 aliphatic heterocycles. The number of para-hydroxylation sites is 2. The average molecular weight is 443 g/mol. The van der Waals surface area contributed by atoms with Crippen LogP contribution >= 0.6 is 0 Å². The Labute approximate surface area is 194 Å². The van der Waals surface area contributed by atoms with E-state index in [9.17, 15) is 9.59 Å². The van der Waals surface area contributed by atoms with Crippen LogP contribution in [-0.4, -0.2) is 29.9 Å². The number of fused-ring (bicyclic) bond motifs is 1. The summed E-state index contributed by atoms with van der Waals surface area (Å²) in [4.78, 5) is 27.5. The van der Waals surface area contributed by atoms with Crippen molar-refractivity contribution in [1.29, 1.82) is 0 Å². The number of hydrogen-bond acceptors (Lipinski definition) is 3. The van der Waals surface area contributed by atoms with Crippen molar-refractivity contribution >= 4 is 23.3 Å². The van der Waals surface area contributed by atoms with E-state index in [0.717, 1.165) is 30.4 Å². The monoisotopic (exact) mass is 442 g/mol. The Kier molecular flexibility index (Phi) is 6.93. The molecule has 6 heteroatoms. The number of hydrogen-bond donors (Lipinski definition) is 3. The molecule has 170 valence electrons. The minimum Gasteiger partial charge on any atom is -0.397 e. The predicted octanol–water partition coefficient (Wildman–Crippen LogP) is 4.78. The van der Waals surface area contributed by atoms with E-state index in [1.807, 2.05) is 60.4 Å². The lowest BCUT2D eigenvalue weighted by molar-refractivity contribution is 0.102. The van der Waals surface area contributed by atoms with Gasteiger partial charge < -0.3 is 21.3 Å². The molecule has 1 aliphatic carbocycles. The maximum atomic E-state index is 12.9. The quantitative estimate of drug-likeness (QED) is 0.460.